The van der Waals surface area contributed by atoms with Crippen molar-refractivity contribution in [1.82, 2.24) is 8.61 Å². The van der Waals surface area contributed by atoms with E-state index in [1.54, 1.807) is 24.3 Å². The highest BCUT2D eigenvalue weighted by molar-refractivity contribution is 7.89. The maximum Gasteiger partial charge on any atom is 0.246 e. The Morgan fingerprint density at radius 2 is 1.17 bits per heavy atom. The Morgan fingerprint density at radius 3 is 1.70 bits per heavy atom. The summed E-state index contributed by atoms with van der Waals surface area (Å²) in [6.07, 6.45) is 0. The topological polar surface area (TPSA) is 102 Å². The van der Waals surface area contributed by atoms with Gasteiger partial charge in [-0.1, -0.05) is 12.1 Å². The highest BCUT2D eigenvalue weighted by atomic mass is 32.2. The highest BCUT2D eigenvalue weighted by Gasteiger charge is 2.36. The van der Waals surface area contributed by atoms with Gasteiger partial charge in [-0.15, -0.1) is 0 Å². The number of hydrogen-bond donors (Lipinski definition) is 0. The maximum absolute atomic E-state index is 13.2. The Balaban J connectivity index is 1.83. The van der Waals surface area contributed by atoms with Crippen LogP contribution in [-0.2, 0) is 20.0 Å². The summed E-state index contributed by atoms with van der Waals surface area (Å²) < 4.78 is 70.4. The van der Waals surface area contributed by atoms with E-state index in [9.17, 15) is 16.8 Å². The molecule has 11 heteroatoms. The number of benzene rings is 2. The number of hydrogen-bond acceptors (Lipinski definition) is 7. The SMILES string of the molecule is COc1ccc(OC)c(S(=O)(=O)N2CCN(S(=O)(=O)c3ccccc3OC)CC2)c1. The van der Waals surface area contributed by atoms with E-state index in [0.717, 1.165) is 0 Å². The van der Waals surface area contributed by atoms with Gasteiger partial charge < -0.3 is 14.2 Å². The van der Waals surface area contributed by atoms with Gasteiger partial charge in [0.15, 0.2) is 0 Å². The zero-order chi connectivity index (χ0) is 21.9. The number of ether oxygens (including phenoxy) is 3. The molecule has 0 unspecified atom stereocenters. The molecule has 2 aromatic carbocycles. The van der Waals surface area contributed by atoms with E-state index >= 15 is 0 Å². The minimum Gasteiger partial charge on any atom is -0.497 e. The monoisotopic (exact) mass is 456 g/mol. The Bertz CT molecular complexity index is 1110. The van der Waals surface area contributed by atoms with Crippen LogP contribution in [0.2, 0.25) is 0 Å². The minimum absolute atomic E-state index is 0.0110. The molecule has 0 N–H and O–H groups in total. The molecule has 1 aliphatic rings. The second-order valence-corrected chi connectivity index (χ2v) is 10.3. The second kappa shape index (κ2) is 8.80. The van der Waals surface area contributed by atoms with Gasteiger partial charge >= 0.3 is 0 Å². The van der Waals surface area contributed by atoms with Crippen LogP contribution in [0.4, 0.5) is 0 Å². The number of para-hydroxylation sites is 1. The van der Waals surface area contributed by atoms with Crippen LogP contribution in [-0.4, -0.2) is 73.0 Å². The van der Waals surface area contributed by atoms with Crippen molar-refractivity contribution in [3.63, 3.8) is 0 Å². The molecule has 1 aliphatic heterocycles. The van der Waals surface area contributed by atoms with Gasteiger partial charge in [-0.2, -0.15) is 8.61 Å². The van der Waals surface area contributed by atoms with Gasteiger partial charge in [-0.05, 0) is 24.3 Å². The molecule has 2 aromatic rings. The predicted octanol–water partition coefficient (Wildman–Crippen LogP) is 1.41. The van der Waals surface area contributed by atoms with Crippen molar-refractivity contribution in [2.75, 3.05) is 47.5 Å². The third kappa shape index (κ3) is 4.10. The lowest BCUT2D eigenvalue weighted by molar-refractivity contribution is 0.271. The summed E-state index contributed by atoms with van der Waals surface area (Å²) in [6, 6.07) is 10.9. The molecule has 30 heavy (non-hydrogen) atoms. The number of rotatable bonds is 7. The molecule has 9 nitrogen and oxygen atoms in total. The smallest absolute Gasteiger partial charge is 0.246 e. The van der Waals surface area contributed by atoms with Crippen LogP contribution in [0, 0.1) is 0 Å². The van der Waals surface area contributed by atoms with Crippen molar-refractivity contribution in [2.45, 2.75) is 9.79 Å². The van der Waals surface area contributed by atoms with Crippen molar-refractivity contribution in [3.05, 3.63) is 42.5 Å². The van der Waals surface area contributed by atoms with Crippen LogP contribution in [0.5, 0.6) is 17.2 Å². The van der Waals surface area contributed by atoms with Crippen molar-refractivity contribution in [3.8, 4) is 17.2 Å². The predicted molar refractivity (Wildman–Crippen MR) is 110 cm³/mol. The normalized spacial score (nSPS) is 16.2. The lowest BCUT2D eigenvalue weighted by atomic mass is 10.3. The summed E-state index contributed by atoms with van der Waals surface area (Å²) in [7, 11) is -3.49. The molecule has 0 aromatic heterocycles. The van der Waals surface area contributed by atoms with Crippen molar-refractivity contribution in [2.24, 2.45) is 0 Å². The largest absolute Gasteiger partial charge is 0.497 e. The van der Waals surface area contributed by atoms with E-state index in [-0.39, 0.29) is 47.5 Å². The molecular weight excluding hydrogens is 432 g/mol. The van der Waals surface area contributed by atoms with Crippen molar-refractivity contribution < 1.29 is 31.0 Å². The standard InChI is InChI=1S/C19H24N2O7S2/c1-26-15-8-9-17(28-3)19(14-15)30(24,25)21-12-10-20(11-13-21)29(22,23)18-7-5-4-6-16(18)27-2/h4-9,14H,10-13H2,1-3H3. The first kappa shape index (κ1) is 22.3. The Hall–Kier alpha value is -2.34. The third-order valence-corrected chi connectivity index (χ3v) is 8.73. The number of nitrogens with zero attached hydrogens (tertiary/aromatic N) is 2. The molecule has 0 saturated carbocycles. The molecule has 0 spiro atoms. The summed E-state index contributed by atoms with van der Waals surface area (Å²) in [5.74, 6) is 0.820. The third-order valence-electron chi connectivity index (χ3n) is 4.87. The van der Waals surface area contributed by atoms with Gasteiger partial charge in [0.05, 0.1) is 21.3 Å². The first-order valence-corrected chi connectivity index (χ1v) is 12.0. The highest BCUT2D eigenvalue weighted by Crippen LogP contribution is 2.32. The lowest BCUT2D eigenvalue weighted by Crippen LogP contribution is -2.50. The van der Waals surface area contributed by atoms with Gasteiger partial charge in [0, 0.05) is 32.2 Å². The van der Waals surface area contributed by atoms with Gasteiger partial charge in [0.1, 0.15) is 27.0 Å². The molecule has 164 valence electrons. The number of piperazine rings is 1. The quantitative estimate of drug-likeness (QED) is 0.621. The second-order valence-electron chi connectivity index (χ2n) is 6.48. The van der Waals surface area contributed by atoms with E-state index < -0.39 is 20.0 Å². The first-order chi connectivity index (χ1) is 14.2. The molecule has 1 saturated heterocycles. The fraction of sp³-hybridized carbons (Fsp3) is 0.368. The molecule has 3 rings (SSSR count). The number of sulfonamides is 2. The molecule has 1 heterocycles. The van der Waals surface area contributed by atoms with E-state index in [1.165, 1.54) is 48.1 Å². The average molecular weight is 457 g/mol. The van der Waals surface area contributed by atoms with Crippen molar-refractivity contribution >= 4 is 20.0 Å². The molecule has 1 fully saturated rings. The van der Waals surface area contributed by atoms with Crippen LogP contribution in [0.25, 0.3) is 0 Å². The van der Waals surface area contributed by atoms with Crippen LogP contribution in [0.1, 0.15) is 0 Å². The fourth-order valence-corrected chi connectivity index (χ4v) is 6.42. The van der Waals surface area contributed by atoms with E-state index in [4.69, 9.17) is 14.2 Å². The average Bonchev–Trinajstić information content (AvgIpc) is 2.78. The zero-order valence-corrected chi connectivity index (χ0v) is 18.6. The van der Waals surface area contributed by atoms with Gasteiger partial charge in [0.2, 0.25) is 20.0 Å². The Kier molecular flexibility index (Phi) is 6.56. The van der Waals surface area contributed by atoms with Crippen LogP contribution < -0.4 is 14.2 Å². The molecule has 0 radical (unpaired) electrons. The van der Waals surface area contributed by atoms with E-state index in [1.807, 2.05) is 0 Å². The molecule has 0 atom stereocenters. The van der Waals surface area contributed by atoms with E-state index in [0.29, 0.717) is 5.75 Å². The molecular formula is C19H24N2O7S2. The molecule has 0 amide bonds. The molecule has 0 bridgehead atoms. The summed E-state index contributed by atoms with van der Waals surface area (Å²) in [4.78, 5) is 0.0312. The first-order valence-electron chi connectivity index (χ1n) is 9.11. The Labute approximate surface area is 176 Å². The fourth-order valence-electron chi connectivity index (χ4n) is 3.25. The van der Waals surface area contributed by atoms with Gasteiger partial charge in [0.25, 0.3) is 0 Å². The van der Waals surface area contributed by atoms with Crippen LogP contribution in [0.15, 0.2) is 52.3 Å². The summed E-state index contributed by atoms with van der Waals surface area (Å²) in [5.41, 5.74) is 0. The van der Waals surface area contributed by atoms with Crippen LogP contribution >= 0.6 is 0 Å². The number of methoxy groups -OCH3 is 3. The lowest BCUT2D eigenvalue weighted by Gasteiger charge is -2.33. The van der Waals surface area contributed by atoms with Gasteiger partial charge in [-0.3, -0.25) is 0 Å². The van der Waals surface area contributed by atoms with Crippen LogP contribution in [0.3, 0.4) is 0 Å². The summed E-state index contributed by atoms with van der Waals surface area (Å²) in [6.45, 7) is 0.0615. The molecule has 0 aliphatic carbocycles. The minimum atomic E-state index is -3.90. The summed E-state index contributed by atoms with van der Waals surface area (Å²) >= 11 is 0. The van der Waals surface area contributed by atoms with E-state index in [2.05, 4.69) is 0 Å². The van der Waals surface area contributed by atoms with Gasteiger partial charge in [-0.25, -0.2) is 16.8 Å². The maximum atomic E-state index is 13.2. The summed E-state index contributed by atoms with van der Waals surface area (Å²) in [5, 5.41) is 0. The Morgan fingerprint density at radius 1 is 0.667 bits per heavy atom. The zero-order valence-electron chi connectivity index (χ0n) is 16.9. The van der Waals surface area contributed by atoms with Crippen molar-refractivity contribution in [1.29, 1.82) is 0 Å².